The molecule has 4 nitrogen and oxygen atoms in total. The maximum atomic E-state index is 13.2. The second-order valence-corrected chi connectivity index (χ2v) is 12.4. The van der Waals surface area contributed by atoms with Crippen molar-refractivity contribution in [2.75, 3.05) is 0 Å². The maximum Gasteiger partial charge on any atom is 0.343 e. The zero-order valence-corrected chi connectivity index (χ0v) is 28.0. The van der Waals surface area contributed by atoms with E-state index in [-0.39, 0.29) is 17.1 Å². The Kier molecular flexibility index (Phi) is 10.4. The molecule has 0 fully saturated rings. The van der Waals surface area contributed by atoms with Crippen LogP contribution in [0.25, 0.3) is 0 Å². The highest BCUT2D eigenvalue weighted by molar-refractivity contribution is 5.96. The molecule has 0 saturated carbocycles. The first-order valence-corrected chi connectivity index (χ1v) is 16.6. The minimum atomic E-state index is -0.622. The molecule has 5 aromatic carbocycles. The number of benzene rings is 5. The third-order valence-corrected chi connectivity index (χ3v) is 9.70. The van der Waals surface area contributed by atoms with Crippen LogP contribution in [0.15, 0.2) is 133 Å². The summed E-state index contributed by atoms with van der Waals surface area (Å²) in [6.45, 7) is 10.6. The second kappa shape index (κ2) is 14.6. The van der Waals surface area contributed by atoms with Crippen LogP contribution in [0, 0.1) is 0 Å². The largest absolute Gasteiger partial charge is 0.459 e. The molecule has 47 heavy (non-hydrogen) atoms. The molecule has 0 spiro atoms. The highest BCUT2D eigenvalue weighted by atomic mass is 16.5. The van der Waals surface area contributed by atoms with Crippen molar-refractivity contribution in [2.24, 2.45) is 0 Å². The van der Waals surface area contributed by atoms with Gasteiger partial charge < -0.3 is 9.47 Å². The van der Waals surface area contributed by atoms with E-state index in [9.17, 15) is 9.59 Å². The van der Waals surface area contributed by atoms with Crippen molar-refractivity contribution in [3.63, 3.8) is 0 Å². The van der Waals surface area contributed by atoms with Gasteiger partial charge in [-0.3, -0.25) is 0 Å². The lowest BCUT2D eigenvalue weighted by Gasteiger charge is -2.37. The monoisotopic (exact) mass is 624 g/mol. The Morgan fingerprint density at radius 1 is 0.574 bits per heavy atom. The third kappa shape index (κ3) is 6.92. The van der Waals surface area contributed by atoms with Crippen molar-refractivity contribution in [3.05, 3.63) is 172 Å². The number of rotatable bonds is 12. The Morgan fingerprint density at radius 3 is 1.51 bits per heavy atom. The summed E-state index contributed by atoms with van der Waals surface area (Å²) < 4.78 is 11.2. The van der Waals surface area contributed by atoms with Gasteiger partial charge >= 0.3 is 11.9 Å². The number of hydrogen-bond acceptors (Lipinski definition) is 4. The number of carbonyl (C=O) groups excluding carboxylic acids is 2. The van der Waals surface area contributed by atoms with E-state index in [0.29, 0.717) is 17.7 Å². The highest BCUT2D eigenvalue weighted by Gasteiger charge is 2.38. The van der Waals surface area contributed by atoms with Crippen LogP contribution in [-0.4, -0.2) is 18.0 Å². The number of esters is 2. The lowest BCUT2D eigenvalue weighted by molar-refractivity contribution is 0.0334. The smallest absolute Gasteiger partial charge is 0.343 e. The van der Waals surface area contributed by atoms with E-state index in [1.165, 1.54) is 11.6 Å². The van der Waals surface area contributed by atoms with Crippen LogP contribution in [0.5, 0.6) is 5.75 Å². The minimum Gasteiger partial charge on any atom is -0.459 e. The SMILES string of the molecule is CCC(C)OC(=O)c1cccc(C(=O)Oc2ccc(C(c3ccccc3)(c3ccccc3)c3ccc(C(C)(CC)CC)cc3)cc2)c1. The molecule has 0 aliphatic rings. The van der Waals surface area contributed by atoms with Gasteiger partial charge in [0.1, 0.15) is 5.75 Å². The van der Waals surface area contributed by atoms with Crippen LogP contribution >= 0.6 is 0 Å². The van der Waals surface area contributed by atoms with Gasteiger partial charge in [0, 0.05) is 0 Å². The maximum absolute atomic E-state index is 13.2. The second-order valence-electron chi connectivity index (χ2n) is 12.4. The summed E-state index contributed by atoms with van der Waals surface area (Å²) in [6, 6.07) is 44.4. The summed E-state index contributed by atoms with van der Waals surface area (Å²) in [7, 11) is 0. The Hall–Kier alpha value is -4.96. The van der Waals surface area contributed by atoms with Crippen LogP contribution in [-0.2, 0) is 15.6 Å². The van der Waals surface area contributed by atoms with E-state index in [2.05, 4.69) is 93.6 Å². The van der Waals surface area contributed by atoms with Crippen molar-refractivity contribution < 1.29 is 19.1 Å². The molecule has 240 valence electrons. The van der Waals surface area contributed by atoms with Crippen molar-refractivity contribution in [1.82, 2.24) is 0 Å². The average Bonchev–Trinajstić information content (AvgIpc) is 3.13. The van der Waals surface area contributed by atoms with E-state index in [0.717, 1.165) is 35.1 Å². The number of ether oxygens (including phenoxy) is 2. The summed E-state index contributed by atoms with van der Waals surface area (Å²) in [5, 5.41) is 0. The van der Waals surface area contributed by atoms with Crippen molar-refractivity contribution in [3.8, 4) is 5.75 Å². The van der Waals surface area contributed by atoms with E-state index in [1.54, 1.807) is 18.2 Å². The fourth-order valence-corrected chi connectivity index (χ4v) is 6.20. The van der Waals surface area contributed by atoms with Gasteiger partial charge in [-0.2, -0.15) is 0 Å². The van der Waals surface area contributed by atoms with Gasteiger partial charge in [0.05, 0.1) is 22.6 Å². The standard InChI is InChI=1S/C43H44O4/c1-6-31(4)46-40(44)32-16-15-17-33(30-32)41(45)47-39-28-26-38(27-29-39)43(35-18-11-9-12-19-35,36-20-13-10-14-21-36)37-24-22-34(23-25-37)42(5,7-2)8-3/h9-31H,6-8H2,1-5H3. The Labute approximate surface area is 279 Å². The Morgan fingerprint density at radius 2 is 1.02 bits per heavy atom. The van der Waals surface area contributed by atoms with Gasteiger partial charge in [0.2, 0.25) is 0 Å². The zero-order chi connectivity index (χ0) is 33.4. The molecular weight excluding hydrogens is 580 g/mol. The molecule has 0 amide bonds. The van der Waals surface area contributed by atoms with Crippen LogP contribution in [0.3, 0.4) is 0 Å². The molecule has 0 aliphatic carbocycles. The summed E-state index contributed by atoms with van der Waals surface area (Å²) in [5.41, 5.74) is 5.89. The van der Waals surface area contributed by atoms with Gasteiger partial charge in [-0.1, -0.05) is 131 Å². The van der Waals surface area contributed by atoms with E-state index in [4.69, 9.17) is 9.47 Å². The molecule has 0 heterocycles. The molecule has 1 unspecified atom stereocenters. The van der Waals surface area contributed by atoms with Gasteiger partial charge in [-0.25, -0.2) is 9.59 Å². The molecule has 4 heteroatoms. The van der Waals surface area contributed by atoms with E-state index < -0.39 is 17.4 Å². The molecule has 5 rings (SSSR count). The van der Waals surface area contributed by atoms with Gasteiger partial charge in [0.25, 0.3) is 0 Å². The van der Waals surface area contributed by atoms with E-state index in [1.807, 2.05) is 50.2 Å². The fraction of sp³-hybridized carbons (Fsp3) is 0.256. The highest BCUT2D eigenvalue weighted by Crippen LogP contribution is 2.46. The quantitative estimate of drug-likeness (QED) is 0.0787. The average molecular weight is 625 g/mol. The number of carbonyl (C=O) groups is 2. The van der Waals surface area contributed by atoms with Crippen LogP contribution < -0.4 is 4.74 Å². The van der Waals surface area contributed by atoms with Gasteiger partial charge in [-0.05, 0) is 89.8 Å². The molecule has 0 aromatic heterocycles. The predicted molar refractivity (Wildman–Crippen MR) is 189 cm³/mol. The van der Waals surface area contributed by atoms with Crippen molar-refractivity contribution in [1.29, 1.82) is 0 Å². The summed E-state index contributed by atoms with van der Waals surface area (Å²) >= 11 is 0. The number of hydrogen-bond donors (Lipinski definition) is 0. The topological polar surface area (TPSA) is 52.6 Å². The summed E-state index contributed by atoms with van der Waals surface area (Å²) in [6.07, 6.45) is 2.64. The predicted octanol–water partition coefficient (Wildman–Crippen LogP) is 10.3. The fourth-order valence-electron chi connectivity index (χ4n) is 6.20. The molecular formula is C43H44O4. The molecule has 0 radical (unpaired) electrons. The molecule has 1 atom stereocenters. The van der Waals surface area contributed by atoms with Crippen LogP contribution in [0.4, 0.5) is 0 Å². The van der Waals surface area contributed by atoms with Crippen LogP contribution in [0.1, 0.15) is 102 Å². The third-order valence-electron chi connectivity index (χ3n) is 9.70. The molecule has 0 saturated heterocycles. The Balaban J connectivity index is 1.54. The molecule has 5 aromatic rings. The van der Waals surface area contributed by atoms with Crippen molar-refractivity contribution >= 4 is 11.9 Å². The van der Waals surface area contributed by atoms with Gasteiger partial charge in [0.15, 0.2) is 0 Å². The normalized spacial score (nSPS) is 12.3. The first-order chi connectivity index (χ1) is 22.7. The molecule has 0 N–H and O–H groups in total. The first kappa shape index (κ1) is 33.4. The van der Waals surface area contributed by atoms with Crippen molar-refractivity contribution in [2.45, 2.75) is 70.8 Å². The molecule has 0 aliphatic heterocycles. The van der Waals surface area contributed by atoms with E-state index >= 15 is 0 Å². The molecule has 0 bridgehead atoms. The minimum absolute atomic E-state index is 0.111. The van der Waals surface area contributed by atoms with Gasteiger partial charge in [-0.15, -0.1) is 0 Å². The zero-order valence-electron chi connectivity index (χ0n) is 28.0. The summed E-state index contributed by atoms with van der Waals surface area (Å²) in [4.78, 5) is 25.8. The summed E-state index contributed by atoms with van der Waals surface area (Å²) in [5.74, 6) is -0.587. The Bertz CT molecular complexity index is 1730. The van der Waals surface area contributed by atoms with Crippen LogP contribution in [0.2, 0.25) is 0 Å². The lowest BCUT2D eigenvalue weighted by Crippen LogP contribution is -2.31. The lowest BCUT2D eigenvalue weighted by atomic mass is 9.64. The first-order valence-electron chi connectivity index (χ1n) is 16.6.